The van der Waals surface area contributed by atoms with Crippen LogP contribution in [-0.2, 0) is 23.0 Å². The van der Waals surface area contributed by atoms with E-state index in [0.29, 0.717) is 6.42 Å². The third-order valence-corrected chi connectivity index (χ3v) is 4.49. The minimum atomic E-state index is -3.54. The van der Waals surface area contributed by atoms with Gasteiger partial charge in [0.15, 0.2) is 0 Å². The van der Waals surface area contributed by atoms with Crippen molar-refractivity contribution < 1.29 is 13.5 Å². The van der Waals surface area contributed by atoms with Crippen molar-refractivity contribution >= 4 is 10.0 Å². The molecular formula is C15H18N2O3S. The van der Waals surface area contributed by atoms with E-state index in [2.05, 4.69) is 9.71 Å². The first-order valence-corrected chi connectivity index (χ1v) is 8.10. The molecule has 0 radical (unpaired) electrons. The average molecular weight is 306 g/mol. The van der Waals surface area contributed by atoms with E-state index in [1.807, 2.05) is 19.1 Å². The fourth-order valence-electron chi connectivity index (χ4n) is 1.83. The molecule has 0 aliphatic rings. The van der Waals surface area contributed by atoms with Gasteiger partial charge in [-0.25, -0.2) is 13.1 Å². The van der Waals surface area contributed by atoms with E-state index in [1.165, 1.54) is 0 Å². The first kappa shape index (κ1) is 15.6. The first-order chi connectivity index (χ1) is 10.0. The van der Waals surface area contributed by atoms with Crippen molar-refractivity contribution in [1.82, 2.24) is 9.71 Å². The van der Waals surface area contributed by atoms with Gasteiger partial charge in [-0.05, 0) is 42.7 Å². The highest BCUT2D eigenvalue weighted by atomic mass is 32.2. The third kappa shape index (κ3) is 4.35. The van der Waals surface area contributed by atoms with Crippen molar-refractivity contribution in [1.29, 1.82) is 0 Å². The molecule has 2 N–H and O–H groups in total. The minimum absolute atomic E-state index is 0.0464. The van der Waals surface area contributed by atoms with E-state index >= 15 is 0 Å². The molecule has 0 bridgehead atoms. The summed E-state index contributed by atoms with van der Waals surface area (Å²) >= 11 is 0. The van der Waals surface area contributed by atoms with Gasteiger partial charge in [-0.15, -0.1) is 0 Å². The van der Waals surface area contributed by atoms with Gasteiger partial charge in [0.05, 0.1) is 4.90 Å². The Labute approximate surface area is 124 Å². The van der Waals surface area contributed by atoms with Gasteiger partial charge in [-0.3, -0.25) is 4.98 Å². The fourth-order valence-corrected chi connectivity index (χ4v) is 2.85. The number of sulfonamides is 1. The van der Waals surface area contributed by atoms with Crippen LogP contribution in [0.4, 0.5) is 0 Å². The predicted octanol–water partition coefficient (Wildman–Crippen LogP) is 1.40. The third-order valence-electron chi connectivity index (χ3n) is 3.07. The van der Waals surface area contributed by atoms with Gasteiger partial charge in [0.2, 0.25) is 10.0 Å². The predicted molar refractivity (Wildman–Crippen MR) is 80.2 cm³/mol. The van der Waals surface area contributed by atoms with Crippen LogP contribution < -0.4 is 4.72 Å². The number of aliphatic hydroxyl groups excluding tert-OH is 1. The molecule has 1 aromatic heterocycles. The highest BCUT2D eigenvalue weighted by molar-refractivity contribution is 7.89. The molecule has 2 rings (SSSR count). The lowest BCUT2D eigenvalue weighted by atomic mass is 10.2. The average Bonchev–Trinajstić information content (AvgIpc) is 2.48. The van der Waals surface area contributed by atoms with Gasteiger partial charge in [0.25, 0.3) is 0 Å². The maximum Gasteiger partial charge on any atom is 0.240 e. The monoisotopic (exact) mass is 306 g/mol. The minimum Gasteiger partial charge on any atom is -0.396 e. The number of hydrogen-bond acceptors (Lipinski definition) is 4. The van der Waals surface area contributed by atoms with Crippen molar-refractivity contribution in [2.75, 3.05) is 6.61 Å². The summed E-state index contributed by atoms with van der Waals surface area (Å²) in [5, 5.41) is 8.84. The second-order valence-electron chi connectivity index (χ2n) is 4.75. The van der Waals surface area contributed by atoms with Crippen molar-refractivity contribution in [3.63, 3.8) is 0 Å². The van der Waals surface area contributed by atoms with Crippen LogP contribution in [0.2, 0.25) is 0 Å². The van der Waals surface area contributed by atoms with Crippen LogP contribution in [-0.4, -0.2) is 25.1 Å². The summed E-state index contributed by atoms with van der Waals surface area (Å²) in [6.07, 6.45) is 2.17. The van der Waals surface area contributed by atoms with Crippen LogP contribution in [0.3, 0.4) is 0 Å². The zero-order valence-electron chi connectivity index (χ0n) is 11.8. The molecule has 0 amide bonds. The number of aromatic nitrogens is 1. The fraction of sp³-hybridized carbons (Fsp3) is 0.267. The van der Waals surface area contributed by atoms with E-state index in [4.69, 9.17) is 5.11 Å². The largest absolute Gasteiger partial charge is 0.396 e. The quantitative estimate of drug-likeness (QED) is 0.845. The highest BCUT2D eigenvalue weighted by Gasteiger charge is 2.13. The SMILES string of the molecule is Cc1ccc(CNS(=O)(=O)c2ccc(CCO)cc2)cn1. The molecule has 0 saturated heterocycles. The van der Waals surface area contributed by atoms with Crippen LogP contribution in [0.1, 0.15) is 16.8 Å². The van der Waals surface area contributed by atoms with E-state index in [-0.39, 0.29) is 18.0 Å². The van der Waals surface area contributed by atoms with Crippen molar-refractivity contribution in [3.8, 4) is 0 Å². The zero-order chi connectivity index (χ0) is 15.3. The second-order valence-corrected chi connectivity index (χ2v) is 6.52. The van der Waals surface area contributed by atoms with E-state index in [0.717, 1.165) is 16.8 Å². The molecule has 0 saturated carbocycles. The molecule has 0 fully saturated rings. The number of aliphatic hydroxyl groups is 1. The lowest BCUT2D eigenvalue weighted by Crippen LogP contribution is -2.23. The van der Waals surface area contributed by atoms with E-state index in [1.54, 1.807) is 30.5 Å². The molecule has 6 heteroatoms. The lowest BCUT2D eigenvalue weighted by molar-refractivity contribution is 0.299. The van der Waals surface area contributed by atoms with Gasteiger partial charge < -0.3 is 5.11 Å². The lowest BCUT2D eigenvalue weighted by Gasteiger charge is -2.07. The molecule has 2 aromatic rings. The Kier molecular flexibility index (Phi) is 5.06. The Balaban J connectivity index is 2.05. The van der Waals surface area contributed by atoms with Crippen LogP contribution in [0.5, 0.6) is 0 Å². The molecule has 5 nitrogen and oxygen atoms in total. The van der Waals surface area contributed by atoms with Gasteiger partial charge >= 0.3 is 0 Å². The summed E-state index contributed by atoms with van der Waals surface area (Å²) in [4.78, 5) is 4.34. The summed E-state index contributed by atoms with van der Waals surface area (Å²) in [6, 6.07) is 10.2. The summed E-state index contributed by atoms with van der Waals surface area (Å²) in [5.74, 6) is 0. The Bertz CT molecular complexity index is 680. The van der Waals surface area contributed by atoms with Crippen LogP contribution in [0, 0.1) is 6.92 Å². The number of rotatable bonds is 6. The molecule has 0 atom stereocenters. The summed E-state index contributed by atoms with van der Waals surface area (Å²) < 4.78 is 26.9. The number of benzene rings is 1. The molecule has 0 unspecified atom stereocenters. The smallest absolute Gasteiger partial charge is 0.240 e. The number of nitrogens with one attached hydrogen (secondary N) is 1. The molecule has 0 spiro atoms. The number of nitrogens with zero attached hydrogens (tertiary/aromatic N) is 1. The first-order valence-electron chi connectivity index (χ1n) is 6.62. The molecule has 0 aliphatic carbocycles. The van der Waals surface area contributed by atoms with Gasteiger partial charge in [-0.1, -0.05) is 18.2 Å². The normalized spacial score (nSPS) is 11.5. The highest BCUT2D eigenvalue weighted by Crippen LogP contribution is 2.11. The number of hydrogen-bond donors (Lipinski definition) is 2. The maximum absolute atomic E-state index is 12.2. The summed E-state index contributed by atoms with van der Waals surface area (Å²) in [6.45, 7) is 2.13. The molecule has 1 heterocycles. The van der Waals surface area contributed by atoms with Crippen LogP contribution in [0.15, 0.2) is 47.5 Å². The van der Waals surface area contributed by atoms with Crippen LogP contribution in [0.25, 0.3) is 0 Å². The van der Waals surface area contributed by atoms with E-state index < -0.39 is 10.0 Å². The van der Waals surface area contributed by atoms with Crippen molar-refractivity contribution in [2.24, 2.45) is 0 Å². The molecular weight excluding hydrogens is 288 g/mol. The molecule has 21 heavy (non-hydrogen) atoms. The van der Waals surface area contributed by atoms with Gasteiger partial charge in [-0.2, -0.15) is 0 Å². The van der Waals surface area contributed by atoms with Crippen molar-refractivity contribution in [3.05, 3.63) is 59.4 Å². The Morgan fingerprint density at radius 2 is 1.76 bits per heavy atom. The summed E-state index contributed by atoms with van der Waals surface area (Å²) in [7, 11) is -3.54. The van der Waals surface area contributed by atoms with Crippen LogP contribution >= 0.6 is 0 Å². The Morgan fingerprint density at radius 3 is 2.33 bits per heavy atom. The number of aryl methyl sites for hydroxylation is 1. The Hall–Kier alpha value is -1.76. The summed E-state index contributed by atoms with van der Waals surface area (Å²) in [5.41, 5.74) is 2.60. The molecule has 1 aromatic carbocycles. The zero-order valence-corrected chi connectivity index (χ0v) is 12.6. The Morgan fingerprint density at radius 1 is 1.10 bits per heavy atom. The number of pyridine rings is 1. The standard InChI is InChI=1S/C15H18N2O3S/c1-12-2-3-14(10-16-12)11-17-21(19,20)15-6-4-13(5-7-15)8-9-18/h2-7,10,17-18H,8-9,11H2,1H3. The second kappa shape index (κ2) is 6.80. The van der Waals surface area contributed by atoms with Gasteiger partial charge in [0.1, 0.15) is 0 Å². The topological polar surface area (TPSA) is 79.3 Å². The van der Waals surface area contributed by atoms with Crippen molar-refractivity contribution in [2.45, 2.75) is 24.8 Å². The molecule has 0 aliphatic heterocycles. The molecule has 112 valence electrons. The van der Waals surface area contributed by atoms with Gasteiger partial charge in [0, 0.05) is 25.0 Å². The van der Waals surface area contributed by atoms with E-state index in [9.17, 15) is 8.42 Å². The maximum atomic E-state index is 12.2.